The second-order valence-electron chi connectivity index (χ2n) is 5.30. The van der Waals surface area contributed by atoms with Crippen molar-refractivity contribution in [3.63, 3.8) is 0 Å². The van der Waals surface area contributed by atoms with Crippen LogP contribution < -0.4 is 5.32 Å². The zero-order valence-electron chi connectivity index (χ0n) is 13.2. The average Bonchev–Trinajstić information content (AvgIpc) is 2.38. The molecule has 0 aromatic rings. The van der Waals surface area contributed by atoms with Gasteiger partial charge in [0.05, 0.1) is 5.92 Å². The Labute approximate surface area is 122 Å². The van der Waals surface area contributed by atoms with Crippen molar-refractivity contribution in [3.05, 3.63) is 0 Å². The van der Waals surface area contributed by atoms with Crippen LogP contribution in [-0.2, 0) is 4.79 Å². The van der Waals surface area contributed by atoms with Gasteiger partial charge in [-0.15, -0.1) is 0 Å². The zero-order chi connectivity index (χ0) is 15.5. The second-order valence-corrected chi connectivity index (χ2v) is 5.30. The van der Waals surface area contributed by atoms with Crippen molar-refractivity contribution < 1.29 is 14.7 Å². The molecule has 0 aliphatic rings. The lowest BCUT2D eigenvalue weighted by Crippen LogP contribution is -2.45. The summed E-state index contributed by atoms with van der Waals surface area (Å²) in [5.41, 5.74) is 0. The molecule has 2 N–H and O–H groups in total. The van der Waals surface area contributed by atoms with Gasteiger partial charge in [-0.25, -0.2) is 4.79 Å². The summed E-state index contributed by atoms with van der Waals surface area (Å²) < 4.78 is 0. The number of nitrogens with one attached hydrogen (secondary N) is 1. The summed E-state index contributed by atoms with van der Waals surface area (Å²) in [5, 5.41) is 11.8. The first-order valence-electron chi connectivity index (χ1n) is 7.32. The van der Waals surface area contributed by atoms with Crippen molar-refractivity contribution in [1.29, 1.82) is 0 Å². The third kappa shape index (κ3) is 7.99. The van der Waals surface area contributed by atoms with Crippen LogP contribution in [0.2, 0.25) is 0 Å². The van der Waals surface area contributed by atoms with E-state index in [4.69, 9.17) is 5.11 Å². The molecule has 0 saturated heterocycles. The number of nitrogens with zero attached hydrogens (tertiary/aromatic N) is 2. The molecule has 1 unspecified atom stereocenters. The standard InChI is InChI=1S/C14H29N3O3/c1-5-7-12(13(18)19)11-15-14(20)17(8-6-2)10-9-16(3)4/h12H,5-11H2,1-4H3,(H,15,20)(H,18,19). The Bertz CT molecular complexity index is 295. The van der Waals surface area contributed by atoms with Gasteiger partial charge in [-0.2, -0.15) is 0 Å². The van der Waals surface area contributed by atoms with Gasteiger partial charge < -0.3 is 20.2 Å². The zero-order valence-corrected chi connectivity index (χ0v) is 13.2. The van der Waals surface area contributed by atoms with Gasteiger partial charge in [-0.3, -0.25) is 4.79 Å². The third-order valence-electron chi connectivity index (χ3n) is 3.08. The van der Waals surface area contributed by atoms with Gasteiger partial charge >= 0.3 is 12.0 Å². The van der Waals surface area contributed by atoms with Crippen molar-refractivity contribution in [2.24, 2.45) is 5.92 Å². The molecule has 2 amide bonds. The van der Waals surface area contributed by atoms with Crippen LogP contribution in [0, 0.1) is 5.92 Å². The van der Waals surface area contributed by atoms with Crippen LogP contribution in [0.3, 0.4) is 0 Å². The molecule has 6 nitrogen and oxygen atoms in total. The highest BCUT2D eigenvalue weighted by atomic mass is 16.4. The van der Waals surface area contributed by atoms with Gasteiger partial charge in [-0.05, 0) is 26.9 Å². The van der Waals surface area contributed by atoms with Crippen LogP contribution in [0.5, 0.6) is 0 Å². The maximum absolute atomic E-state index is 12.1. The van der Waals surface area contributed by atoms with Gasteiger partial charge in [-0.1, -0.05) is 20.3 Å². The van der Waals surface area contributed by atoms with E-state index in [0.717, 1.165) is 19.4 Å². The SMILES string of the molecule is CCCC(CNC(=O)N(CCC)CCN(C)C)C(=O)O. The van der Waals surface area contributed by atoms with E-state index < -0.39 is 11.9 Å². The number of aliphatic carboxylic acids is 1. The highest BCUT2D eigenvalue weighted by molar-refractivity contribution is 5.76. The summed E-state index contributed by atoms with van der Waals surface area (Å²) >= 11 is 0. The molecule has 0 bridgehead atoms. The fraction of sp³-hybridized carbons (Fsp3) is 0.857. The van der Waals surface area contributed by atoms with Crippen LogP contribution in [0.1, 0.15) is 33.1 Å². The molecule has 0 radical (unpaired) electrons. The first-order chi connectivity index (χ1) is 9.42. The molecule has 0 aromatic heterocycles. The Morgan fingerprint density at radius 2 is 1.75 bits per heavy atom. The van der Waals surface area contributed by atoms with Gasteiger partial charge in [0.2, 0.25) is 0 Å². The van der Waals surface area contributed by atoms with E-state index in [-0.39, 0.29) is 12.6 Å². The molecule has 6 heteroatoms. The van der Waals surface area contributed by atoms with E-state index in [0.29, 0.717) is 19.5 Å². The van der Waals surface area contributed by atoms with Crippen molar-refractivity contribution in [3.8, 4) is 0 Å². The highest BCUT2D eigenvalue weighted by Gasteiger charge is 2.19. The molecule has 0 spiro atoms. The first-order valence-corrected chi connectivity index (χ1v) is 7.32. The molecular weight excluding hydrogens is 258 g/mol. The Kier molecular flexibility index (Phi) is 9.80. The number of rotatable bonds is 10. The second kappa shape index (κ2) is 10.5. The van der Waals surface area contributed by atoms with Crippen molar-refractivity contribution >= 4 is 12.0 Å². The Morgan fingerprint density at radius 3 is 2.20 bits per heavy atom. The average molecular weight is 287 g/mol. The summed E-state index contributed by atoms with van der Waals surface area (Å²) in [6, 6.07) is -0.170. The third-order valence-corrected chi connectivity index (χ3v) is 3.08. The molecular formula is C14H29N3O3. The van der Waals surface area contributed by atoms with Crippen LogP contribution in [0.25, 0.3) is 0 Å². The van der Waals surface area contributed by atoms with Crippen LogP contribution in [0.4, 0.5) is 4.79 Å². The summed E-state index contributed by atoms with van der Waals surface area (Å²) in [7, 11) is 3.92. The molecule has 1 atom stereocenters. The summed E-state index contributed by atoms with van der Waals surface area (Å²) in [6.07, 6.45) is 2.27. The van der Waals surface area contributed by atoms with Crippen LogP contribution in [-0.4, -0.2) is 67.2 Å². The van der Waals surface area contributed by atoms with E-state index >= 15 is 0 Å². The fourth-order valence-corrected chi connectivity index (χ4v) is 1.89. The van der Waals surface area contributed by atoms with E-state index in [2.05, 4.69) is 5.32 Å². The maximum atomic E-state index is 12.1. The Balaban J connectivity index is 4.32. The largest absolute Gasteiger partial charge is 0.481 e. The van der Waals surface area contributed by atoms with E-state index in [1.165, 1.54) is 0 Å². The lowest BCUT2D eigenvalue weighted by atomic mass is 10.0. The molecule has 0 aliphatic heterocycles. The minimum Gasteiger partial charge on any atom is -0.481 e. The Hall–Kier alpha value is -1.30. The number of carbonyl (C=O) groups is 2. The lowest BCUT2D eigenvalue weighted by molar-refractivity contribution is -0.141. The topological polar surface area (TPSA) is 72.9 Å². The minimum absolute atomic E-state index is 0.170. The van der Waals surface area contributed by atoms with Crippen molar-refractivity contribution in [2.45, 2.75) is 33.1 Å². The number of hydrogen-bond acceptors (Lipinski definition) is 3. The highest BCUT2D eigenvalue weighted by Crippen LogP contribution is 2.05. The lowest BCUT2D eigenvalue weighted by Gasteiger charge is -2.25. The minimum atomic E-state index is -0.845. The quantitative estimate of drug-likeness (QED) is 0.638. The molecule has 20 heavy (non-hydrogen) atoms. The number of urea groups is 1. The predicted octanol–water partition coefficient (Wildman–Crippen LogP) is 1.47. The molecule has 0 aliphatic carbocycles. The number of likely N-dealkylation sites (N-methyl/N-ethyl adjacent to an activating group) is 1. The van der Waals surface area contributed by atoms with Gasteiger partial charge in [0.1, 0.15) is 0 Å². The van der Waals surface area contributed by atoms with Crippen molar-refractivity contribution in [2.75, 3.05) is 40.3 Å². The number of amides is 2. The van der Waals surface area contributed by atoms with Gasteiger partial charge in [0, 0.05) is 26.2 Å². The van der Waals surface area contributed by atoms with E-state index in [9.17, 15) is 9.59 Å². The number of carboxylic acids is 1. The van der Waals surface area contributed by atoms with E-state index in [1.54, 1.807) is 4.90 Å². The maximum Gasteiger partial charge on any atom is 0.317 e. The molecule has 0 heterocycles. The summed E-state index contributed by atoms with van der Waals surface area (Å²) in [6.45, 7) is 6.30. The number of hydrogen-bond donors (Lipinski definition) is 2. The Morgan fingerprint density at radius 1 is 1.10 bits per heavy atom. The smallest absolute Gasteiger partial charge is 0.317 e. The van der Waals surface area contributed by atoms with E-state index in [1.807, 2.05) is 32.8 Å². The normalized spacial score (nSPS) is 12.2. The monoisotopic (exact) mass is 287 g/mol. The predicted molar refractivity (Wildman–Crippen MR) is 79.9 cm³/mol. The number of carboxylic acid groups (broad SMARTS) is 1. The summed E-state index contributed by atoms with van der Waals surface area (Å²) in [5.74, 6) is -1.34. The fourth-order valence-electron chi connectivity index (χ4n) is 1.89. The number of carbonyl (C=O) groups excluding carboxylic acids is 1. The molecule has 0 saturated carbocycles. The molecule has 0 rings (SSSR count). The summed E-state index contributed by atoms with van der Waals surface area (Å²) in [4.78, 5) is 26.9. The molecule has 118 valence electrons. The van der Waals surface area contributed by atoms with Crippen molar-refractivity contribution in [1.82, 2.24) is 15.1 Å². The van der Waals surface area contributed by atoms with Gasteiger partial charge in [0.15, 0.2) is 0 Å². The van der Waals surface area contributed by atoms with Gasteiger partial charge in [0.25, 0.3) is 0 Å². The van der Waals surface area contributed by atoms with Crippen LogP contribution >= 0.6 is 0 Å². The van der Waals surface area contributed by atoms with Crippen LogP contribution in [0.15, 0.2) is 0 Å². The molecule has 0 fully saturated rings. The molecule has 0 aromatic carbocycles. The first kappa shape index (κ1) is 18.7.